The van der Waals surface area contributed by atoms with Crippen LogP contribution < -0.4 is 10.6 Å². The van der Waals surface area contributed by atoms with Crippen LogP contribution in [0.4, 0.5) is 0 Å². The summed E-state index contributed by atoms with van der Waals surface area (Å²) in [6, 6.07) is 19.9. The molecule has 0 aliphatic rings. The van der Waals surface area contributed by atoms with Crippen molar-refractivity contribution in [3.05, 3.63) is 71.8 Å². The zero-order chi connectivity index (χ0) is 21.9. The molecule has 3 N–H and O–H groups in total. The first-order valence-electron chi connectivity index (χ1n) is 11.2. The van der Waals surface area contributed by atoms with E-state index in [1.807, 2.05) is 67.6 Å². The van der Waals surface area contributed by atoms with Gasteiger partial charge in [0.25, 0.3) is 0 Å². The first kappa shape index (κ1) is 24.1. The van der Waals surface area contributed by atoms with Crippen LogP contribution in [0.1, 0.15) is 57.6 Å². The van der Waals surface area contributed by atoms with Crippen molar-refractivity contribution in [2.24, 2.45) is 5.92 Å². The monoisotopic (exact) mass is 410 g/mol. The van der Waals surface area contributed by atoms with Crippen molar-refractivity contribution in [2.45, 2.75) is 71.1 Å². The Bertz CT molecular complexity index is 733. The summed E-state index contributed by atoms with van der Waals surface area (Å²) in [7, 11) is 0. The Kier molecular flexibility index (Phi) is 10.0. The van der Waals surface area contributed by atoms with E-state index >= 15 is 0 Å². The first-order chi connectivity index (χ1) is 14.4. The Morgan fingerprint density at radius 2 is 1.57 bits per heavy atom. The quantitative estimate of drug-likeness (QED) is 0.489. The molecule has 4 atom stereocenters. The smallest absolute Gasteiger partial charge is 0.227 e. The second kappa shape index (κ2) is 12.5. The Labute approximate surface area is 182 Å². The van der Waals surface area contributed by atoms with E-state index in [4.69, 9.17) is 0 Å². The lowest BCUT2D eigenvalue weighted by Crippen LogP contribution is -2.50. The molecule has 0 spiro atoms. The molecular weight excluding hydrogens is 372 g/mol. The number of rotatable bonds is 12. The Balaban J connectivity index is 2.09. The van der Waals surface area contributed by atoms with E-state index in [-0.39, 0.29) is 17.9 Å². The van der Waals surface area contributed by atoms with Gasteiger partial charge in [-0.15, -0.1) is 0 Å². The summed E-state index contributed by atoms with van der Waals surface area (Å²) < 4.78 is 0. The van der Waals surface area contributed by atoms with Crippen molar-refractivity contribution in [1.29, 1.82) is 0 Å². The van der Waals surface area contributed by atoms with E-state index in [1.165, 1.54) is 0 Å². The second-order valence-electron chi connectivity index (χ2n) is 8.68. The third-order valence-corrected chi connectivity index (χ3v) is 5.52. The Morgan fingerprint density at radius 1 is 0.967 bits per heavy atom. The van der Waals surface area contributed by atoms with Crippen molar-refractivity contribution in [1.82, 2.24) is 10.6 Å². The van der Waals surface area contributed by atoms with Crippen LogP contribution in [0.5, 0.6) is 0 Å². The minimum atomic E-state index is -0.669. The third-order valence-electron chi connectivity index (χ3n) is 5.52. The number of aliphatic hydroxyl groups excluding tert-OH is 1. The van der Waals surface area contributed by atoms with Gasteiger partial charge in [0.2, 0.25) is 5.91 Å². The average Bonchev–Trinajstić information content (AvgIpc) is 2.73. The predicted molar refractivity (Wildman–Crippen MR) is 124 cm³/mol. The highest BCUT2D eigenvalue weighted by atomic mass is 16.3. The maximum Gasteiger partial charge on any atom is 0.227 e. The van der Waals surface area contributed by atoms with Gasteiger partial charge < -0.3 is 15.7 Å². The normalized spacial score (nSPS) is 15.4. The van der Waals surface area contributed by atoms with Crippen molar-refractivity contribution in [3.8, 4) is 0 Å². The lowest BCUT2D eigenvalue weighted by molar-refractivity contribution is -0.124. The molecule has 2 rings (SSSR count). The van der Waals surface area contributed by atoms with Gasteiger partial charge in [-0.05, 0) is 43.2 Å². The van der Waals surface area contributed by atoms with Crippen LogP contribution in [-0.2, 0) is 11.2 Å². The van der Waals surface area contributed by atoms with Crippen molar-refractivity contribution in [3.63, 3.8) is 0 Å². The van der Waals surface area contributed by atoms with Gasteiger partial charge in [-0.2, -0.15) is 0 Å². The Hall–Kier alpha value is -2.17. The molecule has 2 unspecified atom stereocenters. The number of nitrogens with one attached hydrogen (secondary N) is 2. The summed E-state index contributed by atoms with van der Waals surface area (Å²) >= 11 is 0. The van der Waals surface area contributed by atoms with Crippen molar-refractivity contribution < 1.29 is 9.90 Å². The minimum absolute atomic E-state index is 0.0288. The molecule has 0 aromatic heterocycles. The van der Waals surface area contributed by atoms with Crippen molar-refractivity contribution >= 4 is 5.91 Å². The van der Waals surface area contributed by atoms with E-state index < -0.39 is 6.10 Å². The van der Waals surface area contributed by atoms with Crippen LogP contribution >= 0.6 is 0 Å². The maximum absolute atomic E-state index is 13.1. The fraction of sp³-hybridized carbons (Fsp3) is 0.500. The van der Waals surface area contributed by atoms with E-state index in [2.05, 4.69) is 31.4 Å². The van der Waals surface area contributed by atoms with E-state index in [0.29, 0.717) is 31.3 Å². The Morgan fingerprint density at radius 3 is 2.13 bits per heavy atom. The standard InChI is InChI=1S/C26H38N2O2/c1-5-23(22-14-10-7-11-15-22)26(30)28-24(17-21-12-8-6-9-13-21)25(29)18-27-20(4)16-19(2)3/h6-15,19-20,23-25,27,29H,5,16-18H2,1-4H3,(H,28,30)/t20?,23?,24-,25-/m1/s1. The summed E-state index contributed by atoms with van der Waals surface area (Å²) in [6.45, 7) is 9.01. The SMILES string of the molecule is CCC(C(=O)N[C@H](Cc1ccccc1)[C@H](O)CNC(C)CC(C)C)c1ccccc1. The highest BCUT2D eigenvalue weighted by molar-refractivity contribution is 5.83. The predicted octanol–water partition coefficient (Wildman–Crippen LogP) is 4.29. The number of amides is 1. The number of benzene rings is 2. The molecule has 0 bridgehead atoms. The van der Waals surface area contributed by atoms with Crippen LogP contribution in [0.25, 0.3) is 0 Å². The van der Waals surface area contributed by atoms with Crippen LogP contribution in [0.3, 0.4) is 0 Å². The van der Waals surface area contributed by atoms with E-state index in [9.17, 15) is 9.90 Å². The molecule has 0 radical (unpaired) electrons. The topological polar surface area (TPSA) is 61.4 Å². The van der Waals surface area contributed by atoms with E-state index in [0.717, 1.165) is 17.5 Å². The second-order valence-corrected chi connectivity index (χ2v) is 8.68. The van der Waals surface area contributed by atoms with Gasteiger partial charge in [0, 0.05) is 12.6 Å². The molecule has 0 fully saturated rings. The number of hydrogen-bond acceptors (Lipinski definition) is 3. The van der Waals surface area contributed by atoms with Crippen molar-refractivity contribution in [2.75, 3.05) is 6.54 Å². The van der Waals surface area contributed by atoms with Crippen LogP contribution in [0, 0.1) is 5.92 Å². The lowest BCUT2D eigenvalue weighted by Gasteiger charge is -2.28. The molecule has 164 valence electrons. The molecule has 2 aromatic rings. The molecule has 0 saturated heterocycles. The zero-order valence-electron chi connectivity index (χ0n) is 18.8. The summed E-state index contributed by atoms with van der Waals surface area (Å²) in [4.78, 5) is 13.1. The molecule has 30 heavy (non-hydrogen) atoms. The number of aliphatic hydroxyl groups is 1. The van der Waals surface area contributed by atoms with Gasteiger partial charge in [0.05, 0.1) is 18.1 Å². The van der Waals surface area contributed by atoms with Gasteiger partial charge in [-0.3, -0.25) is 4.79 Å². The number of carbonyl (C=O) groups is 1. The summed E-state index contributed by atoms with van der Waals surface area (Å²) in [6.07, 6.45) is 1.69. The van der Waals surface area contributed by atoms with Gasteiger partial charge in [-0.25, -0.2) is 0 Å². The molecular formula is C26H38N2O2. The fourth-order valence-corrected chi connectivity index (χ4v) is 3.95. The minimum Gasteiger partial charge on any atom is -0.390 e. The van der Waals surface area contributed by atoms with Gasteiger partial charge >= 0.3 is 0 Å². The highest BCUT2D eigenvalue weighted by Gasteiger charge is 2.26. The molecule has 0 aliphatic heterocycles. The summed E-state index contributed by atoms with van der Waals surface area (Å²) in [5.74, 6) is 0.351. The molecule has 0 heterocycles. The molecule has 1 amide bonds. The van der Waals surface area contributed by atoms with Gasteiger partial charge in [-0.1, -0.05) is 81.4 Å². The molecule has 4 heteroatoms. The highest BCUT2D eigenvalue weighted by Crippen LogP contribution is 2.20. The first-order valence-corrected chi connectivity index (χ1v) is 11.2. The molecule has 0 aliphatic carbocycles. The zero-order valence-corrected chi connectivity index (χ0v) is 18.8. The van der Waals surface area contributed by atoms with Crippen LogP contribution in [0.2, 0.25) is 0 Å². The summed E-state index contributed by atoms with van der Waals surface area (Å²) in [5.41, 5.74) is 2.11. The number of hydrogen-bond donors (Lipinski definition) is 3. The number of carbonyl (C=O) groups excluding carboxylic acids is 1. The van der Waals surface area contributed by atoms with E-state index in [1.54, 1.807) is 0 Å². The van der Waals surface area contributed by atoms with Gasteiger partial charge in [0.15, 0.2) is 0 Å². The third kappa shape index (κ3) is 7.92. The molecule has 0 saturated carbocycles. The van der Waals surface area contributed by atoms with Gasteiger partial charge in [0.1, 0.15) is 0 Å². The largest absolute Gasteiger partial charge is 0.390 e. The fourth-order valence-electron chi connectivity index (χ4n) is 3.95. The van der Waals surface area contributed by atoms with Crippen LogP contribution in [0.15, 0.2) is 60.7 Å². The van der Waals surface area contributed by atoms with Crippen LogP contribution in [-0.4, -0.2) is 35.7 Å². The molecule has 2 aromatic carbocycles. The summed E-state index contributed by atoms with van der Waals surface area (Å²) in [5, 5.41) is 17.5. The maximum atomic E-state index is 13.1. The molecule has 4 nitrogen and oxygen atoms in total. The lowest BCUT2D eigenvalue weighted by atomic mass is 9.94. The average molecular weight is 411 g/mol.